The highest BCUT2D eigenvalue weighted by atomic mass is 32.1. The molecule has 0 unspecified atom stereocenters. The van der Waals surface area contributed by atoms with E-state index in [0.717, 1.165) is 128 Å². The Bertz CT molecular complexity index is 6670. The first-order chi connectivity index (χ1) is 50.3. The summed E-state index contributed by atoms with van der Waals surface area (Å²) in [5.41, 5.74) is 27.5. The highest BCUT2D eigenvalue weighted by Crippen LogP contribution is 2.54. The quantitative estimate of drug-likeness (QED) is 0.149. The molecule has 0 bridgehead atoms. The van der Waals surface area contributed by atoms with Crippen molar-refractivity contribution in [3.8, 4) is 51.5 Å². The number of aromatic nitrogens is 3. The lowest BCUT2D eigenvalue weighted by Crippen LogP contribution is -2.61. The third kappa shape index (κ3) is 8.99. The van der Waals surface area contributed by atoms with E-state index in [1.807, 2.05) is 29.5 Å². The van der Waals surface area contributed by atoms with Gasteiger partial charge < -0.3 is 23.5 Å². The Labute approximate surface area is 601 Å². The molecule has 0 N–H and O–H groups in total. The number of anilines is 6. The summed E-state index contributed by atoms with van der Waals surface area (Å²) in [5.74, 6) is 0. The Hall–Kier alpha value is -12.7. The molecular formula is C94H66BN7S. The van der Waals surface area contributed by atoms with E-state index in [4.69, 9.17) is 0 Å². The SMILES string of the molecule is CC(C)(C)c1ccc2c(c1)c1cc(C(C)(C)C)ccc1n2-c1cc2c3c(c1)N(c1ccccc1-c1ccccc1)c1cc(-n4c5ccccc5c5cc(C#N)ccc54)c4c(sc5ccccc54)c1B3c1ccc(-n3c4ccccc4c4cc(C#N)ccc43)cc1N2c1ccccc1-c1ccccc1. The minimum absolute atomic E-state index is 0.107. The maximum atomic E-state index is 10.5. The third-order valence-corrected chi connectivity index (χ3v) is 23.2. The molecule has 0 spiro atoms. The lowest BCUT2D eigenvalue weighted by Gasteiger charge is -2.45. The summed E-state index contributed by atoms with van der Waals surface area (Å²) in [6.45, 7) is 13.6. The van der Waals surface area contributed by atoms with E-state index >= 15 is 0 Å². The van der Waals surface area contributed by atoms with Crippen LogP contribution >= 0.6 is 11.3 Å². The first-order valence-corrected chi connectivity index (χ1v) is 36.3. The minimum Gasteiger partial charge on any atom is -0.311 e. The molecule has 0 radical (unpaired) electrons. The maximum Gasteiger partial charge on any atom is 0.254 e. The lowest BCUT2D eigenvalue weighted by molar-refractivity contribution is 0.590. The van der Waals surface area contributed by atoms with Crippen molar-refractivity contribution in [2.75, 3.05) is 9.80 Å². The fraction of sp³-hybridized carbons (Fsp3) is 0.0851. The Balaban J connectivity index is 0.996. The number of rotatable bonds is 7. The van der Waals surface area contributed by atoms with E-state index in [0.29, 0.717) is 11.1 Å². The van der Waals surface area contributed by atoms with Crippen LogP contribution in [0.3, 0.4) is 0 Å². The number of nitrogens with zero attached hydrogens (tertiary/aromatic N) is 7. The molecule has 6 heterocycles. The van der Waals surface area contributed by atoms with E-state index in [1.54, 1.807) is 0 Å². The molecule has 486 valence electrons. The highest BCUT2D eigenvalue weighted by molar-refractivity contribution is 7.28. The van der Waals surface area contributed by atoms with Gasteiger partial charge in [0.2, 0.25) is 0 Å². The van der Waals surface area contributed by atoms with E-state index in [2.05, 4.69) is 350 Å². The Kier molecular flexibility index (Phi) is 13.1. The van der Waals surface area contributed by atoms with E-state index in [1.165, 1.54) is 58.5 Å². The fourth-order valence-corrected chi connectivity index (χ4v) is 18.5. The molecule has 7 nitrogen and oxygen atoms in total. The van der Waals surface area contributed by atoms with Crippen molar-refractivity contribution < 1.29 is 0 Å². The highest BCUT2D eigenvalue weighted by Gasteiger charge is 2.47. The van der Waals surface area contributed by atoms with Crippen molar-refractivity contribution in [2.24, 2.45) is 0 Å². The number of benzene rings is 14. The predicted octanol–water partition coefficient (Wildman–Crippen LogP) is 23.1. The Morgan fingerprint density at radius 1 is 0.320 bits per heavy atom. The van der Waals surface area contributed by atoms with Gasteiger partial charge in [-0.15, -0.1) is 11.3 Å². The van der Waals surface area contributed by atoms with Crippen LogP contribution in [-0.2, 0) is 10.8 Å². The number of thiophene rings is 1. The van der Waals surface area contributed by atoms with Gasteiger partial charge in [0.15, 0.2) is 0 Å². The van der Waals surface area contributed by atoms with Crippen LogP contribution in [0.15, 0.2) is 291 Å². The van der Waals surface area contributed by atoms with Gasteiger partial charge in [-0.05, 0) is 171 Å². The van der Waals surface area contributed by atoms with Crippen LogP contribution < -0.4 is 26.2 Å². The average molecular weight is 1340 g/mol. The van der Waals surface area contributed by atoms with E-state index in [9.17, 15) is 10.5 Å². The fourth-order valence-electron chi connectivity index (χ4n) is 17.2. The van der Waals surface area contributed by atoms with Gasteiger partial charge in [-0.2, -0.15) is 10.5 Å². The number of hydrogen-bond donors (Lipinski definition) is 0. The first-order valence-electron chi connectivity index (χ1n) is 35.5. The van der Waals surface area contributed by atoms with Crippen LogP contribution in [0.5, 0.6) is 0 Å². The van der Waals surface area contributed by atoms with Crippen LogP contribution in [-0.4, -0.2) is 20.4 Å². The summed E-state index contributed by atoms with van der Waals surface area (Å²) in [5, 5.41) is 29.9. The zero-order chi connectivity index (χ0) is 69.3. The molecule has 0 atom stereocenters. The van der Waals surface area contributed by atoms with Crippen molar-refractivity contribution >= 4 is 154 Å². The first kappa shape index (κ1) is 60.3. The molecule has 4 aromatic heterocycles. The number of hydrogen-bond acceptors (Lipinski definition) is 5. The second-order valence-electron chi connectivity index (χ2n) is 29.8. The van der Waals surface area contributed by atoms with E-state index < -0.39 is 0 Å². The Morgan fingerprint density at radius 2 is 0.748 bits per heavy atom. The average Bonchev–Trinajstić information content (AvgIpc) is 1.52. The van der Waals surface area contributed by atoms with Crippen LogP contribution in [0, 0.1) is 22.7 Å². The van der Waals surface area contributed by atoms with Gasteiger partial charge in [-0.25, -0.2) is 0 Å². The zero-order valence-corrected chi connectivity index (χ0v) is 58.6. The normalized spacial score (nSPS) is 12.9. The smallest absolute Gasteiger partial charge is 0.254 e. The van der Waals surface area contributed by atoms with Gasteiger partial charge in [0.05, 0.1) is 79.1 Å². The molecular weight excluding hydrogens is 1270 g/mol. The van der Waals surface area contributed by atoms with Crippen molar-refractivity contribution in [1.82, 2.24) is 13.7 Å². The summed E-state index contributed by atoms with van der Waals surface area (Å²) >= 11 is 1.89. The molecule has 9 heteroatoms. The molecule has 0 fully saturated rings. The van der Waals surface area contributed by atoms with Crippen LogP contribution in [0.4, 0.5) is 34.1 Å². The van der Waals surface area contributed by atoms with Crippen LogP contribution in [0.1, 0.15) is 63.8 Å². The summed E-state index contributed by atoms with van der Waals surface area (Å²) in [7, 11) is 0. The predicted molar refractivity (Wildman–Crippen MR) is 434 cm³/mol. The number of nitriles is 2. The monoisotopic (exact) mass is 1340 g/mol. The second kappa shape index (κ2) is 22.4. The molecule has 0 saturated heterocycles. The molecule has 103 heavy (non-hydrogen) atoms. The summed E-state index contributed by atoms with van der Waals surface area (Å²) in [4.78, 5) is 5.25. The lowest BCUT2D eigenvalue weighted by atomic mass is 9.33. The van der Waals surface area contributed by atoms with Gasteiger partial charge in [0.1, 0.15) is 0 Å². The zero-order valence-electron chi connectivity index (χ0n) is 57.8. The largest absolute Gasteiger partial charge is 0.311 e. The van der Waals surface area contributed by atoms with E-state index in [-0.39, 0.29) is 17.5 Å². The van der Waals surface area contributed by atoms with Gasteiger partial charge >= 0.3 is 0 Å². The molecule has 0 amide bonds. The molecule has 2 aliphatic heterocycles. The molecule has 0 aliphatic carbocycles. The number of para-hydroxylation sites is 4. The summed E-state index contributed by atoms with van der Waals surface area (Å²) in [6.07, 6.45) is 0. The molecule has 14 aromatic carbocycles. The maximum absolute atomic E-state index is 10.5. The van der Waals surface area contributed by atoms with Gasteiger partial charge in [0.25, 0.3) is 6.71 Å². The Morgan fingerprint density at radius 3 is 1.30 bits per heavy atom. The third-order valence-electron chi connectivity index (χ3n) is 22.0. The van der Waals surface area contributed by atoms with Crippen LogP contribution in [0.25, 0.3) is 125 Å². The topological polar surface area (TPSA) is 68.8 Å². The van der Waals surface area contributed by atoms with Crippen molar-refractivity contribution in [3.05, 3.63) is 313 Å². The minimum atomic E-state index is -0.336. The van der Waals surface area contributed by atoms with Crippen molar-refractivity contribution in [2.45, 2.75) is 52.4 Å². The summed E-state index contributed by atoms with van der Waals surface area (Å²) < 4.78 is 9.84. The molecule has 2 aliphatic rings. The molecule has 18 aromatic rings. The summed E-state index contributed by atoms with van der Waals surface area (Å²) in [6, 6.07) is 113. The van der Waals surface area contributed by atoms with Crippen LogP contribution in [0.2, 0.25) is 0 Å². The van der Waals surface area contributed by atoms with Gasteiger partial charge in [-0.3, -0.25) is 0 Å². The van der Waals surface area contributed by atoms with Crippen molar-refractivity contribution in [1.29, 1.82) is 10.5 Å². The number of fused-ring (bicyclic) bond motifs is 17. The second-order valence-corrected chi connectivity index (χ2v) is 30.9. The van der Waals surface area contributed by atoms with Gasteiger partial charge in [0, 0.05) is 92.1 Å². The molecule has 20 rings (SSSR count). The molecule has 0 saturated carbocycles. The van der Waals surface area contributed by atoms with Crippen molar-refractivity contribution in [3.63, 3.8) is 0 Å². The van der Waals surface area contributed by atoms with Gasteiger partial charge in [-0.1, -0.05) is 211 Å². The standard InChI is InChI=1S/C94H66BN7S/c1-93(2,3)61-39-45-80-72(49-61)73-50-62(94(4,5)6)40-46-81(73)99(80)64-52-85-90-86(53-64)102(76-33-19-14-28-66(76)60-25-11-8-12-26-60)87-54-84(100-78-35-21-16-30-68(78)71-48-58(56-97)38-44-82(71)100)89-69-31-17-22-36-88(69)103-92(89)91(87)95(90)74-42-41-63(98-77-34-20-15-29-67(77)70-47-57(55-96)37-43-79(70)98)51-83(74)101(85)75-32-18-13-27-65(75)59-23-9-7-10-24-59/h7-54H,1-6H3.